The summed E-state index contributed by atoms with van der Waals surface area (Å²) in [7, 11) is 0. The van der Waals surface area contributed by atoms with Crippen LogP contribution in [0.25, 0.3) is 10.9 Å². The number of halogens is 1. The lowest BCUT2D eigenvalue weighted by Gasteiger charge is -2.22. The molecule has 1 aromatic carbocycles. The fourth-order valence-corrected chi connectivity index (χ4v) is 3.42. The van der Waals surface area contributed by atoms with Crippen LogP contribution < -0.4 is 16.1 Å². The lowest BCUT2D eigenvalue weighted by atomic mass is 10.1. The highest BCUT2D eigenvalue weighted by Crippen LogP contribution is 2.24. The van der Waals surface area contributed by atoms with Crippen LogP contribution in [0.15, 0.2) is 41.3 Å². The molecular weight excluding hydrogens is 364 g/mol. The Hall–Kier alpha value is -2.86. The molecule has 2 N–H and O–H groups in total. The second-order valence-corrected chi connectivity index (χ2v) is 6.95. The van der Waals surface area contributed by atoms with Crippen LogP contribution in [0.4, 0.5) is 5.82 Å². The number of hydrogen-bond donors (Lipinski definition) is 2. The zero-order valence-electron chi connectivity index (χ0n) is 14.9. The molecule has 7 heteroatoms. The molecule has 2 aromatic heterocycles. The standard InChI is InChI=1S/C20H19ClN4O2/c1-2-14-9-15-17-19(24-14)22-7-8-25(17)11-16(18(15)26)20(27)23-10-12-3-5-13(21)6-4-12/h3-6,9,11H,2,7-8,10H2,1H3,(H,22,24)(H,23,27). The average Bonchev–Trinajstić information content (AvgIpc) is 2.69. The number of aromatic nitrogens is 2. The Kier molecular flexibility index (Phi) is 4.58. The van der Waals surface area contributed by atoms with Gasteiger partial charge in [-0.1, -0.05) is 30.7 Å². The summed E-state index contributed by atoms with van der Waals surface area (Å²) in [5.41, 5.74) is 2.39. The molecule has 0 bridgehead atoms. The van der Waals surface area contributed by atoms with Crippen LogP contribution in [0.1, 0.15) is 28.5 Å². The molecule has 138 valence electrons. The van der Waals surface area contributed by atoms with E-state index in [9.17, 15) is 9.59 Å². The van der Waals surface area contributed by atoms with Gasteiger partial charge in [-0.2, -0.15) is 0 Å². The lowest BCUT2D eigenvalue weighted by Crippen LogP contribution is -2.31. The molecule has 1 amide bonds. The zero-order chi connectivity index (χ0) is 19.0. The summed E-state index contributed by atoms with van der Waals surface area (Å²) in [6.07, 6.45) is 2.36. The second kappa shape index (κ2) is 7.04. The van der Waals surface area contributed by atoms with E-state index in [0.29, 0.717) is 35.9 Å². The van der Waals surface area contributed by atoms with Crippen molar-refractivity contribution in [1.29, 1.82) is 0 Å². The summed E-state index contributed by atoms with van der Waals surface area (Å²) < 4.78 is 1.94. The quantitative estimate of drug-likeness (QED) is 0.727. The third kappa shape index (κ3) is 3.28. The number of nitrogens with zero attached hydrogens (tertiary/aromatic N) is 2. The molecule has 0 radical (unpaired) electrons. The minimum atomic E-state index is -0.379. The maximum absolute atomic E-state index is 13.0. The van der Waals surface area contributed by atoms with Gasteiger partial charge >= 0.3 is 0 Å². The normalized spacial score (nSPS) is 12.7. The maximum atomic E-state index is 13.0. The fraction of sp³-hybridized carbons (Fsp3) is 0.250. The highest BCUT2D eigenvalue weighted by Gasteiger charge is 2.21. The van der Waals surface area contributed by atoms with E-state index in [4.69, 9.17) is 11.6 Å². The van der Waals surface area contributed by atoms with Crippen LogP contribution in [0.5, 0.6) is 0 Å². The van der Waals surface area contributed by atoms with E-state index < -0.39 is 0 Å². The van der Waals surface area contributed by atoms with Crippen molar-refractivity contribution in [3.63, 3.8) is 0 Å². The number of anilines is 1. The average molecular weight is 383 g/mol. The van der Waals surface area contributed by atoms with Crippen molar-refractivity contribution < 1.29 is 4.79 Å². The highest BCUT2D eigenvalue weighted by molar-refractivity contribution is 6.30. The molecule has 3 aromatic rings. The largest absolute Gasteiger partial charge is 0.367 e. The molecule has 0 fully saturated rings. The Balaban J connectivity index is 1.71. The molecule has 0 saturated heterocycles. The van der Waals surface area contributed by atoms with Crippen molar-refractivity contribution in [3.05, 3.63) is 68.6 Å². The van der Waals surface area contributed by atoms with E-state index >= 15 is 0 Å². The number of pyridine rings is 2. The number of nitrogens with one attached hydrogen (secondary N) is 2. The van der Waals surface area contributed by atoms with E-state index in [1.165, 1.54) is 0 Å². The predicted octanol–water partition coefficient (Wildman–Crippen LogP) is 2.97. The molecule has 1 aliphatic heterocycles. The van der Waals surface area contributed by atoms with E-state index in [0.717, 1.165) is 23.2 Å². The van der Waals surface area contributed by atoms with Gasteiger partial charge in [0.25, 0.3) is 5.91 Å². The fourth-order valence-electron chi connectivity index (χ4n) is 3.30. The highest BCUT2D eigenvalue weighted by atomic mass is 35.5. The number of rotatable bonds is 4. The minimum Gasteiger partial charge on any atom is -0.367 e. The number of amides is 1. The topological polar surface area (TPSA) is 76.0 Å². The van der Waals surface area contributed by atoms with E-state index in [1.807, 2.05) is 23.6 Å². The summed E-state index contributed by atoms with van der Waals surface area (Å²) in [5.74, 6) is 0.330. The molecule has 27 heavy (non-hydrogen) atoms. The Morgan fingerprint density at radius 3 is 2.85 bits per heavy atom. The monoisotopic (exact) mass is 382 g/mol. The van der Waals surface area contributed by atoms with Crippen molar-refractivity contribution in [2.24, 2.45) is 0 Å². The Labute approximate surface area is 161 Å². The van der Waals surface area contributed by atoms with Crippen LogP contribution in [0, 0.1) is 0 Å². The number of aryl methyl sites for hydroxylation is 1. The van der Waals surface area contributed by atoms with Crippen molar-refractivity contribution in [2.45, 2.75) is 26.4 Å². The molecular formula is C20H19ClN4O2. The number of carbonyl (C=O) groups excluding carboxylic acids is 1. The van der Waals surface area contributed by atoms with Gasteiger partial charge in [0.2, 0.25) is 5.43 Å². The second-order valence-electron chi connectivity index (χ2n) is 6.51. The lowest BCUT2D eigenvalue weighted by molar-refractivity contribution is 0.0949. The summed E-state index contributed by atoms with van der Waals surface area (Å²) in [5, 5.41) is 7.24. The zero-order valence-corrected chi connectivity index (χ0v) is 15.6. The van der Waals surface area contributed by atoms with Gasteiger partial charge in [0.1, 0.15) is 5.56 Å². The third-order valence-corrected chi connectivity index (χ3v) is 4.98. The van der Waals surface area contributed by atoms with Crippen LogP contribution in [-0.2, 0) is 19.5 Å². The molecule has 4 rings (SSSR count). The Morgan fingerprint density at radius 2 is 2.11 bits per heavy atom. The molecule has 3 heterocycles. The summed E-state index contributed by atoms with van der Waals surface area (Å²) in [4.78, 5) is 30.3. The van der Waals surface area contributed by atoms with Gasteiger partial charge in [-0.3, -0.25) is 9.59 Å². The van der Waals surface area contributed by atoms with Crippen molar-refractivity contribution in [3.8, 4) is 0 Å². The van der Waals surface area contributed by atoms with Crippen LogP contribution in [-0.4, -0.2) is 22.0 Å². The van der Waals surface area contributed by atoms with Crippen molar-refractivity contribution in [1.82, 2.24) is 14.9 Å². The first-order valence-electron chi connectivity index (χ1n) is 8.90. The van der Waals surface area contributed by atoms with Gasteiger partial charge in [-0.25, -0.2) is 4.98 Å². The number of benzene rings is 1. The van der Waals surface area contributed by atoms with Gasteiger partial charge < -0.3 is 15.2 Å². The number of hydrogen-bond acceptors (Lipinski definition) is 4. The Bertz CT molecular complexity index is 1090. The van der Waals surface area contributed by atoms with Gasteiger partial charge in [0.05, 0.1) is 10.9 Å². The summed E-state index contributed by atoms with van der Waals surface area (Å²) >= 11 is 5.88. The van der Waals surface area contributed by atoms with E-state index in [-0.39, 0.29) is 16.9 Å². The Morgan fingerprint density at radius 1 is 1.33 bits per heavy atom. The van der Waals surface area contributed by atoms with Crippen molar-refractivity contribution in [2.75, 3.05) is 11.9 Å². The van der Waals surface area contributed by atoms with Gasteiger partial charge in [0.15, 0.2) is 5.82 Å². The van der Waals surface area contributed by atoms with Crippen LogP contribution in [0.3, 0.4) is 0 Å². The molecule has 6 nitrogen and oxygen atoms in total. The SMILES string of the molecule is CCc1cc2c(=O)c(C(=O)NCc3ccc(Cl)cc3)cn3c2c(n1)NCC3. The van der Waals surface area contributed by atoms with Crippen LogP contribution in [0.2, 0.25) is 5.02 Å². The maximum Gasteiger partial charge on any atom is 0.257 e. The molecule has 1 aliphatic rings. The molecule has 0 unspecified atom stereocenters. The first-order chi connectivity index (χ1) is 13.1. The molecule has 0 aliphatic carbocycles. The summed E-state index contributed by atoms with van der Waals surface area (Å²) in [6.45, 7) is 3.70. The van der Waals surface area contributed by atoms with Gasteiger partial charge in [-0.15, -0.1) is 0 Å². The van der Waals surface area contributed by atoms with Crippen LogP contribution >= 0.6 is 11.6 Å². The molecule has 0 atom stereocenters. The van der Waals surface area contributed by atoms with E-state index in [1.54, 1.807) is 24.4 Å². The predicted molar refractivity (Wildman–Crippen MR) is 106 cm³/mol. The first-order valence-corrected chi connectivity index (χ1v) is 9.28. The minimum absolute atomic E-state index is 0.151. The van der Waals surface area contributed by atoms with E-state index in [2.05, 4.69) is 15.6 Å². The molecule has 0 saturated carbocycles. The smallest absolute Gasteiger partial charge is 0.257 e. The van der Waals surface area contributed by atoms with Gasteiger partial charge in [-0.05, 0) is 30.2 Å². The molecule has 0 spiro atoms. The number of carbonyl (C=O) groups is 1. The van der Waals surface area contributed by atoms with Gasteiger partial charge in [0, 0.05) is 36.5 Å². The van der Waals surface area contributed by atoms with Crippen molar-refractivity contribution >= 4 is 34.2 Å². The third-order valence-electron chi connectivity index (χ3n) is 4.73. The first kappa shape index (κ1) is 17.5. The summed E-state index contributed by atoms with van der Waals surface area (Å²) in [6, 6.07) is 9.02.